The maximum atomic E-state index is 10.5. The summed E-state index contributed by atoms with van der Waals surface area (Å²) in [5, 5.41) is 19.3. The summed E-state index contributed by atoms with van der Waals surface area (Å²) in [6.45, 7) is 2.47. The molecular weight excluding hydrogens is 328 g/mol. The summed E-state index contributed by atoms with van der Waals surface area (Å²) in [5.74, 6) is 0.416. The Kier molecular flexibility index (Phi) is 12.9. The van der Waals surface area contributed by atoms with E-state index in [1.54, 1.807) is 14.2 Å². The van der Waals surface area contributed by atoms with Crippen molar-refractivity contribution in [1.29, 1.82) is 0 Å². The number of aliphatic hydroxyl groups excluding tert-OH is 2. The summed E-state index contributed by atoms with van der Waals surface area (Å²) in [6.07, 6.45) is 17.7. The van der Waals surface area contributed by atoms with Crippen molar-refractivity contribution in [2.45, 2.75) is 83.0 Å². The van der Waals surface area contributed by atoms with Crippen LogP contribution in [0.15, 0.2) is 24.3 Å². The fraction of sp³-hybridized carbons (Fsp3) is 0.818. The van der Waals surface area contributed by atoms with Crippen LogP contribution in [-0.2, 0) is 9.47 Å². The highest BCUT2D eigenvalue weighted by molar-refractivity contribution is 5.06. The van der Waals surface area contributed by atoms with Crippen LogP contribution in [0.5, 0.6) is 0 Å². The molecule has 1 saturated carbocycles. The van der Waals surface area contributed by atoms with Gasteiger partial charge in [-0.05, 0) is 38.0 Å². The maximum Gasteiger partial charge on any atom is 0.0752 e. The summed E-state index contributed by atoms with van der Waals surface area (Å²) >= 11 is 0. The summed E-state index contributed by atoms with van der Waals surface area (Å²) in [7, 11) is 3.51. The molecule has 0 aromatic rings. The summed E-state index contributed by atoms with van der Waals surface area (Å²) < 4.78 is 11.2. The molecule has 0 radical (unpaired) electrons. The number of ether oxygens (including phenoxy) is 2. The molecule has 0 aromatic carbocycles. The monoisotopic (exact) mass is 368 g/mol. The average molecular weight is 369 g/mol. The number of hydrogen-bond acceptors (Lipinski definition) is 4. The molecule has 26 heavy (non-hydrogen) atoms. The van der Waals surface area contributed by atoms with E-state index in [0.717, 1.165) is 32.1 Å². The van der Waals surface area contributed by atoms with E-state index in [1.165, 1.54) is 19.3 Å². The lowest BCUT2D eigenvalue weighted by Crippen LogP contribution is -2.21. The third kappa shape index (κ3) is 8.34. The van der Waals surface area contributed by atoms with Crippen LogP contribution in [0.25, 0.3) is 0 Å². The van der Waals surface area contributed by atoms with Gasteiger partial charge >= 0.3 is 0 Å². The fourth-order valence-electron chi connectivity index (χ4n) is 3.82. The van der Waals surface area contributed by atoms with Gasteiger partial charge in [-0.15, -0.1) is 0 Å². The van der Waals surface area contributed by atoms with Crippen LogP contribution < -0.4 is 0 Å². The molecular formula is C22H40O4. The Morgan fingerprint density at radius 1 is 1.12 bits per heavy atom. The van der Waals surface area contributed by atoms with Crippen LogP contribution in [0.1, 0.15) is 64.7 Å². The molecule has 1 fully saturated rings. The third-order valence-corrected chi connectivity index (χ3v) is 5.49. The topological polar surface area (TPSA) is 58.9 Å². The SMILES string of the molecule is CCCCCC(C=CC1C(OC)CC(O)C1CC=CCCCCO)OC. The molecule has 0 bridgehead atoms. The minimum absolute atomic E-state index is 0.0715. The van der Waals surface area contributed by atoms with Gasteiger partial charge in [0.15, 0.2) is 0 Å². The second-order valence-electron chi connectivity index (χ2n) is 7.40. The Labute approximate surface area is 160 Å². The van der Waals surface area contributed by atoms with E-state index in [0.29, 0.717) is 6.42 Å². The van der Waals surface area contributed by atoms with Crippen molar-refractivity contribution in [1.82, 2.24) is 0 Å². The Morgan fingerprint density at radius 3 is 2.58 bits per heavy atom. The maximum absolute atomic E-state index is 10.5. The standard InChI is InChI=1S/C22H40O4/c1-4-5-9-12-18(25-2)14-15-20-19(21(24)17-22(20)26-3)13-10-7-6-8-11-16-23/h7,10,14-15,18-24H,4-6,8-9,11-13,16-17H2,1-3H3. The van der Waals surface area contributed by atoms with Crippen LogP contribution in [0.2, 0.25) is 0 Å². The van der Waals surface area contributed by atoms with Crippen molar-refractivity contribution in [3.05, 3.63) is 24.3 Å². The summed E-state index contributed by atoms with van der Waals surface area (Å²) in [6, 6.07) is 0. The fourth-order valence-corrected chi connectivity index (χ4v) is 3.82. The first-order valence-corrected chi connectivity index (χ1v) is 10.4. The summed E-state index contributed by atoms with van der Waals surface area (Å²) in [5.41, 5.74) is 0. The zero-order chi connectivity index (χ0) is 19.2. The van der Waals surface area contributed by atoms with E-state index in [1.807, 2.05) is 0 Å². The second-order valence-corrected chi connectivity index (χ2v) is 7.40. The molecule has 5 atom stereocenters. The van der Waals surface area contributed by atoms with Crippen LogP contribution in [-0.4, -0.2) is 49.4 Å². The van der Waals surface area contributed by atoms with Crippen molar-refractivity contribution < 1.29 is 19.7 Å². The Balaban J connectivity index is 2.61. The molecule has 152 valence electrons. The molecule has 0 aliphatic heterocycles. The van der Waals surface area contributed by atoms with Crippen molar-refractivity contribution in [2.24, 2.45) is 11.8 Å². The quantitative estimate of drug-likeness (QED) is 0.355. The largest absolute Gasteiger partial charge is 0.396 e. The molecule has 0 spiro atoms. The van der Waals surface area contributed by atoms with Crippen LogP contribution in [0, 0.1) is 11.8 Å². The number of rotatable bonds is 14. The number of methoxy groups -OCH3 is 2. The molecule has 0 saturated heterocycles. The van der Waals surface area contributed by atoms with Gasteiger partial charge in [-0.2, -0.15) is 0 Å². The Hall–Kier alpha value is -0.680. The highest BCUT2D eigenvalue weighted by Gasteiger charge is 2.40. The number of hydrogen-bond donors (Lipinski definition) is 2. The van der Waals surface area contributed by atoms with Gasteiger partial charge in [0.1, 0.15) is 0 Å². The van der Waals surface area contributed by atoms with E-state index in [-0.39, 0.29) is 36.8 Å². The molecule has 0 aromatic heterocycles. The first-order valence-electron chi connectivity index (χ1n) is 10.4. The van der Waals surface area contributed by atoms with E-state index in [4.69, 9.17) is 14.6 Å². The molecule has 0 heterocycles. The first kappa shape index (κ1) is 23.4. The van der Waals surface area contributed by atoms with Gasteiger partial charge in [0.05, 0.1) is 18.3 Å². The first-order chi connectivity index (χ1) is 12.7. The van der Waals surface area contributed by atoms with Gasteiger partial charge in [-0.3, -0.25) is 0 Å². The van der Waals surface area contributed by atoms with E-state index < -0.39 is 0 Å². The smallest absolute Gasteiger partial charge is 0.0752 e. The molecule has 1 aliphatic rings. The number of aliphatic hydroxyl groups is 2. The highest BCUT2D eigenvalue weighted by Crippen LogP contribution is 2.38. The van der Waals surface area contributed by atoms with Gasteiger partial charge in [-0.25, -0.2) is 0 Å². The molecule has 4 nitrogen and oxygen atoms in total. The van der Waals surface area contributed by atoms with Crippen molar-refractivity contribution in [2.75, 3.05) is 20.8 Å². The second kappa shape index (κ2) is 14.4. The normalized spacial score (nSPS) is 27.7. The van der Waals surface area contributed by atoms with Gasteiger partial charge in [0.2, 0.25) is 0 Å². The van der Waals surface area contributed by atoms with Gasteiger partial charge < -0.3 is 19.7 Å². The molecule has 5 unspecified atom stereocenters. The number of unbranched alkanes of at least 4 members (excludes halogenated alkanes) is 4. The molecule has 0 amide bonds. The predicted octanol–water partition coefficient (Wildman–Crippen LogP) is 4.26. The molecule has 4 heteroatoms. The lowest BCUT2D eigenvalue weighted by Gasteiger charge is -2.22. The zero-order valence-corrected chi connectivity index (χ0v) is 17.0. The Bertz CT molecular complexity index is 394. The molecule has 1 aliphatic carbocycles. The predicted molar refractivity (Wildman–Crippen MR) is 107 cm³/mol. The number of allylic oxidation sites excluding steroid dienone is 2. The van der Waals surface area contributed by atoms with Gasteiger partial charge in [0.25, 0.3) is 0 Å². The van der Waals surface area contributed by atoms with E-state index in [2.05, 4.69) is 31.2 Å². The van der Waals surface area contributed by atoms with Crippen molar-refractivity contribution in [3.63, 3.8) is 0 Å². The highest BCUT2D eigenvalue weighted by atomic mass is 16.5. The lowest BCUT2D eigenvalue weighted by atomic mass is 9.89. The van der Waals surface area contributed by atoms with E-state index in [9.17, 15) is 5.11 Å². The van der Waals surface area contributed by atoms with Gasteiger partial charge in [0, 0.05) is 33.2 Å². The van der Waals surface area contributed by atoms with Crippen LogP contribution in [0.4, 0.5) is 0 Å². The molecule has 1 rings (SSSR count). The zero-order valence-electron chi connectivity index (χ0n) is 17.0. The van der Waals surface area contributed by atoms with Crippen molar-refractivity contribution >= 4 is 0 Å². The summed E-state index contributed by atoms with van der Waals surface area (Å²) in [4.78, 5) is 0. The minimum Gasteiger partial charge on any atom is -0.396 e. The van der Waals surface area contributed by atoms with Crippen LogP contribution in [0.3, 0.4) is 0 Å². The van der Waals surface area contributed by atoms with Crippen molar-refractivity contribution in [3.8, 4) is 0 Å². The van der Waals surface area contributed by atoms with E-state index >= 15 is 0 Å². The minimum atomic E-state index is -0.322. The lowest BCUT2D eigenvalue weighted by molar-refractivity contribution is 0.0742. The molecule has 2 N–H and O–H groups in total. The van der Waals surface area contributed by atoms with Crippen LogP contribution >= 0.6 is 0 Å². The van der Waals surface area contributed by atoms with Gasteiger partial charge in [-0.1, -0.05) is 50.5 Å². The average Bonchev–Trinajstić information content (AvgIpc) is 2.96. The third-order valence-electron chi connectivity index (χ3n) is 5.49. The Morgan fingerprint density at radius 2 is 1.92 bits per heavy atom.